The Morgan fingerprint density at radius 2 is 1.76 bits per heavy atom. The van der Waals surface area contributed by atoms with Crippen molar-refractivity contribution >= 4 is 11.5 Å². The van der Waals surface area contributed by atoms with Crippen molar-refractivity contribution in [2.24, 2.45) is 7.05 Å². The molecule has 128 valence electrons. The van der Waals surface area contributed by atoms with Crippen molar-refractivity contribution in [3.05, 3.63) is 88.0 Å². The quantitative estimate of drug-likeness (QED) is 0.574. The minimum atomic E-state index is -0.328. The lowest BCUT2D eigenvalue weighted by Gasteiger charge is -2.09. The van der Waals surface area contributed by atoms with Gasteiger partial charge < -0.3 is 10.3 Å². The number of ketones is 1. The van der Waals surface area contributed by atoms with Gasteiger partial charge in [0, 0.05) is 30.4 Å². The lowest BCUT2D eigenvalue weighted by Crippen LogP contribution is -2.11. The molecule has 0 atom stereocenters. The SMILES string of the molecule is Cc1ccc(C(=O)c2c(C)cc(Cc3ccc(N)cc3F)n2C)cc1. The number of nitrogens with two attached hydrogens (primary N) is 1. The van der Waals surface area contributed by atoms with Crippen molar-refractivity contribution in [2.45, 2.75) is 20.3 Å². The van der Waals surface area contributed by atoms with Gasteiger partial charge in [-0.1, -0.05) is 35.9 Å². The van der Waals surface area contributed by atoms with Gasteiger partial charge in [0.15, 0.2) is 0 Å². The predicted molar refractivity (Wildman–Crippen MR) is 98.4 cm³/mol. The molecule has 1 heterocycles. The van der Waals surface area contributed by atoms with Gasteiger partial charge in [0.2, 0.25) is 5.78 Å². The summed E-state index contributed by atoms with van der Waals surface area (Å²) >= 11 is 0. The highest BCUT2D eigenvalue weighted by Crippen LogP contribution is 2.22. The first-order chi connectivity index (χ1) is 11.9. The molecule has 0 aliphatic rings. The van der Waals surface area contributed by atoms with Crippen LogP contribution in [0.2, 0.25) is 0 Å². The Labute approximate surface area is 146 Å². The standard InChI is InChI=1S/C21H21FN2O/c1-13-4-6-15(7-5-13)21(25)20-14(2)10-18(24(20)3)11-16-8-9-17(23)12-19(16)22/h4-10,12H,11,23H2,1-3H3. The molecule has 0 spiro atoms. The molecule has 0 aliphatic heterocycles. The molecular formula is C21H21FN2O. The lowest BCUT2D eigenvalue weighted by molar-refractivity contribution is 0.103. The summed E-state index contributed by atoms with van der Waals surface area (Å²) in [5.74, 6) is -0.353. The highest BCUT2D eigenvalue weighted by atomic mass is 19.1. The Hall–Kier alpha value is -2.88. The fraction of sp³-hybridized carbons (Fsp3) is 0.190. The van der Waals surface area contributed by atoms with E-state index in [2.05, 4.69) is 0 Å². The van der Waals surface area contributed by atoms with E-state index in [1.54, 1.807) is 12.1 Å². The van der Waals surface area contributed by atoms with E-state index in [-0.39, 0.29) is 11.6 Å². The molecule has 0 unspecified atom stereocenters. The molecule has 25 heavy (non-hydrogen) atoms. The molecule has 2 N–H and O–H groups in total. The number of benzene rings is 2. The Bertz CT molecular complexity index is 939. The highest BCUT2D eigenvalue weighted by Gasteiger charge is 2.19. The number of nitrogens with zero attached hydrogens (tertiary/aromatic N) is 1. The van der Waals surface area contributed by atoms with Crippen LogP contribution in [0.4, 0.5) is 10.1 Å². The van der Waals surface area contributed by atoms with E-state index in [9.17, 15) is 9.18 Å². The molecule has 0 saturated carbocycles. The van der Waals surface area contributed by atoms with Gasteiger partial charge in [0.05, 0.1) is 5.69 Å². The fourth-order valence-electron chi connectivity index (χ4n) is 3.07. The number of aromatic nitrogens is 1. The third-order valence-electron chi connectivity index (χ3n) is 4.50. The van der Waals surface area contributed by atoms with Crippen LogP contribution >= 0.6 is 0 Å². The van der Waals surface area contributed by atoms with Crippen molar-refractivity contribution in [1.29, 1.82) is 0 Å². The number of hydrogen-bond acceptors (Lipinski definition) is 2. The molecule has 3 aromatic rings. The number of aryl methyl sites for hydroxylation is 2. The zero-order chi connectivity index (χ0) is 18.1. The molecule has 0 saturated heterocycles. The summed E-state index contributed by atoms with van der Waals surface area (Å²) < 4.78 is 15.9. The summed E-state index contributed by atoms with van der Waals surface area (Å²) in [4.78, 5) is 12.9. The monoisotopic (exact) mass is 336 g/mol. The van der Waals surface area contributed by atoms with Crippen LogP contribution in [0.25, 0.3) is 0 Å². The molecule has 0 fully saturated rings. The Balaban J connectivity index is 1.95. The minimum absolute atomic E-state index is 0.0240. The van der Waals surface area contributed by atoms with Crippen molar-refractivity contribution in [3.63, 3.8) is 0 Å². The van der Waals surface area contributed by atoms with Crippen LogP contribution in [-0.2, 0) is 13.5 Å². The molecule has 0 aliphatic carbocycles. The smallest absolute Gasteiger partial charge is 0.209 e. The van der Waals surface area contributed by atoms with E-state index < -0.39 is 0 Å². The summed E-state index contributed by atoms with van der Waals surface area (Å²) in [5.41, 5.74) is 10.7. The van der Waals surface area contributed by atoms with Crippen molar-refractivity contribution in [2.75, 3.05) is 5.73 Å². The first-order valence-electron chi connectivity index (χ1n) is 8.17. The van der Waals surface area contributed by atoms with Crippen LogP contribution in [0.3, 0.4) is 0 Å². The first kappa shape index (κ1) is 17.0. The summed E-state index contributed by atoms with van der Waals surface area (Å²) in [7, 11) is 1.85. The highest BCUT2D eigenvalue weighted by molar-refractivity contribution is 6.09. The van der Waals surface area contributed by atoms with Gasteiger partial charge in [-0.05, 0) is 43.2 Å². The lowest BCUT2D eigenvalue weighted by atomic mass is 10.0. The van der Waals surface area contributed by atoms with Crippen LogP contribution < -0.4 is 5.73 Å². The second-order valence-electron chi connectivity index (χ2n) is 6.45. The Morgan fingerprint density at radius 3 is 2.40 bits per heavy atom. The van der Waals surface area contributed by atoms with E-state index in [4.69, 9.17) is 5.73 Å². The summed E-state index contributed by atoms with van der Waals surface area (Å²) in [6.07, 6.45) is 0.407. The van der Waals surface area contributed by atoms with E-state index in [0.29, 0.717) is 28.9 Å². The van der Waals surface area contributed by atoms with E-state index >= 15 is 0 Å². The third-order valence-corrected chi connectivity index (χ3v) is 4.50. The fourth-order valence-corrected chi connectivity index (χ4v) is 3.07. The maximum Gasteiger partial charge on any atom is 0.209 e. The van der Waals surface area contributed by atoms with E-state index in [0.717, 1.165) is 16.8 Å². The number of nitrogen functional groups attached to an aromatic ring is 1. The van der Waals surface area contributed by atoms with Crippen LogP contribution in [-0.4, -0.2) is 10.4 Å². The number of hydrogen-bond donors (Lipinski definition) is 1. The van der Waals surface area contributed by atoms with Crippen molar-refractivity contribution in [3.8, 4) is 0 Å². The molecule has 3 nitrogen and oxygen atoms in total. The van der Waals surface area contributed by atoms with E-state index in [1.165, 1.54) is 6.07 Å². The second-order valence-corrected chi connectivity index (χ2v) is 6.45. The van der Waals surface area contributed by atoms with Crippen LogP contribution in [0.1, 0.15) is 38.4 Å². The Morgan fingerprint density at radius 1 is 1.08 bits per heavy atom. The zero-order valence-corrected chi connectivity index (χ0v) is 14.6. The number of carbonyl (C=O) groups is 1. The van der Waals surface area contributed by atoms with Crippen LogP contribution in [0.5, 0.6) is 0 Å². The molecular weight excluding hydrogens is 315 g/mol. The topological polar surface area (TPSA) is 48.0 Å². The van der Waals surface area contributed by atoms with Crippen LogP contribution in [0.15, 0.2) is 48.5 Å². The summed E-state index contributed by atoms with van der Waals surface area (Å²) in [5, 5.41) is 0. The van der Waals surface area contributed by atoms with Crippen LogP contribution in [0, 0.1) is 19.7 Å². The molecule has 2 aromatic carbocycles. The number of anilines is 1. The maximum absolute atomic E-state index is 14.1. The van der Waals surface area contributed by atoms with Gasteiger partial charge >= 0.3 is 0 Å². The maximum atomic E-state index is 14.1. The molecule has 1 aromatic heterocycles. The van der Waals surface area contributed by atoms with Crippen molar-refractivity contribution in [1.82, 2.24) is 4.57 Å². The largest absolute Gasteiger partial charge is 0.399 e. The third kappa shape index (κ3) is 3.33. The van der Waals surface area contributed by atoms with E-state index in [1.807, 2.05) is 55.8 Å². The van der Waals surface area contributed by atoms with Gasteiger partial charge in [0.25, 0.3) is 0 Å². The normalized spacial score (nSPS) is 10.9. The molecule has 3 rings (SSSR count). The second kappa shape index (κ2) is 6.55. The zero-order valence-electron chi connectivity index (χ0n) is 14.6. The Kier molecular flexibility index (Phi) is 4.45. The van der Waals surface area contributed by atoms with Gasteiger partial charge in [-0.25, -0.2) is 4.39 Å². The number of carbonyl (C=O) groups excluding carboxylic acids is 1. The summed E-state index contributed by atoms with van der Waals surface area (Å²) in [6, 6.07) is 14.2. The average Bonchev–Trinajstić information content (AvgIpc) is 2.84. The molecule has 0 amide bonds. The number of rotatable bonds is 4. The molecule has 0 radical (unpaired) electrons. The van der Waals surface area contributed by atoms with Gasteiger partial charge in [-0.15, -0.1) is 0 Å². The first-order valence-corrected chi connectivity index (χ1v) is 8.17. The predicted octanol–water partition coefficient (Wildman–Crippen LogP) is 4.19. The summed E-state index contributed by atoms with van der Waals surface area (Å²) in [6.45, 7) is 3.89. The molecule has 4 heteroatoms. The van der Waals surface area contributed by atoms with Gasteiger partial charge in [-0.2, -0.15) is 0 Å². The van der Waals surface area contributed by atoms with Gasteiger partial charge in [-0.3, -0.25) is 4.79 Å². The average molecular weight is 336 g/mol. The molecule has 0 bridgehead atoms. The van der Waals surface area contributed by atoms with Gasteiger partial charge in [0.1, 0.15) is 5.82 Å². The minimum Gasteiger partial charge on any atom is -0.399 e. The number of halogens is 1. The van der Waals surface area contributed by atoms with Crippen molar-refractivity contribution < 1.29 is 9.18 Å².